The van der Waals surface area contributed by atoms with Crippen molar-refractivity contribution < 1.29 is 0 Å². The molecule has 1 aromatic rings. The maximum atomic E-state index is 11.7. The van der Waals surface area contributed by atoms with Crippen LogP contribution in [0, 0.1) is 6.92 Å². The molecule has 0 aromatic carbocycles. The molecule has 0 aliphatic carbocycles. The van der Waals surface area contributed by atoms with Crippen LogP contribution >= 0.6 is 0 Å². The van der Waals surface area contributed by atoms with Gasteiger partial charge in [0, 0.05) is 14.1 Å². The lowest BCUT2D eigenvalue weighted by Crippen LogP contribution is -2.25. The van der Waals surface area contributed by atoms with Gasteiger partial charge in [0.15, 0.2) is 0 Å². The lowest BCUT2D eigenvalue weighted by Gasteiger charge is -2.09. The molecule has 0 radical (unpaired) electrons. The normalized spacial score (nSPS) is 10.2. The van der Waals surface area contributed by atoms with Gasteiger partial charge in [0.05, 0.1) is 5.56 Å². The van der Waals surface area contributed by atoms with E-state index in [1.807, 2.05) is 13.8 Å². The van der Waals surface area contributed by atoms with Gasteiger partial charge in [-0.3, -0.25) is 9.36 Å². The minimum Gasteiger partial charge on any atom is -0.373 e. The van der Waals surface area contributed by atoms with Crippen LogP contribution in [-0.4, -0.2) is 16.6 Å². The van der Waals surface area contributed by atoms with Gasteiger partial charge in [-0.15, -0.1) is 0 Å². The Morgan fingerprint density at radius 2 is 2.15 bits per heavy atom. The van der Waals surface area contributed by atoms with Gasteiger partial charge in [0.25, 0.3) is 5.56 Å². The SMILES string of the molecule is CCc1c(NC)nc(C)n(C)c1=O. The first-order valence-corrected chi connectivity index (χ1v) is 4.36. The molecule has 0 saturated heterocycles. The van der Waals surface area contributed by atoms with Crippen molar-refractivity contribution in [1.29, 1.82) is 0 Å². The molecular weight excluding hydrogens is 166 g/mol. The van der Waals surface area contributed by atoms with Crippen molar-refractivity contribution in [3.05, 3.63) is 21.7 Å². The highest BCUT2D eigenvalue weighted by Crippen LogP contribution is 2.07. The van der Waals surface area contributed by atoms with Crippen LogP contribution < -0.4 is 10.9 Å². The highest BCUT2D eigenvalue weighted by Gasteiger charge is 2.08. The first-order chi connectivity index (χ1) is 6.11. The average Bonchev–Trinajstić information content (AvgIpc) is 2.13. The smallest absolute Gasteiger partial charge is 0.258 e. The van der Waals surface area contributed by atoms with Crippen LogP contribution in [0.2, 0.25) is 0 Å². The van der Waals surface area contributed by atoms with Gasteiger partial charge in [0.1, 0.15) is 11.6 Å². The Kier molecular flexibility index (Phi) is 2.70. The van der Waals surface area contributed by atoms with E-state index in [1.54, 1.807) is 18.7 Å². The third-order valence-corrected chi connectivity index (χ3v) is 2.20. The summed E-state index contributed by atoms with van der Waals surface area (Å²) in [6.07, 6.45) is 0.704. The van der Waals surface area contributed by atoms with Gasteiger partial charge in [0.2, 0.25) is 0 Å². The van der Waals surface area contributed by atoms with Crippen molar-refractivity contribution in [3.63, 3.8) is 0 Å². The van der Waals surface area contributed by atoms with Crippen molar-refractivity contribution >= 4 is 5.82 Å². The fourth-order valence-corrected chi connectivity index (χ4v) is 1.28. The first kappa shape index (κ1) is 9.77. The molecule has 4 nitrogen and oxygen atoms in total. The second kappa shape index (κ2) is 3.60. The number of aryl methyl sites for hydroxylation is 1. The van der Waals surface area contributed by atoms with Crippen LogP contribution in [0.25, 0.3) is 0 Å². The molecule has 0 amide bonds. The van der Waals surface area contributed by atoms with Crippen LogP contribution in [0.1, 0.15) is 18.3 Å². The fraction of sp³-hybridized carbons (Fsp3) is 0.556. The summed E-state index contributed by atoms with van der Waals surface area (Å²) in [5.41, 5.74) is 0.787. The first-order valence-electron chi connectivity index (χ1n) is 4.36. The van der Waals surface area contributed by atoms with E-state index in [9.17, 15) is 4.79 Å². The summed E-state index contributed by atoms with van der Waals surface area (Å²) >= 11 is 0. The molecule has 0 bridgehead atoms. The maximum Gasteiger partial charge on any atom is 0.258 e. The van der Waals surface area contributed by atoms with E-state index in [1.165, 1.54) is 0 Å². The molecule has 0 saturated carbocycles. The van der Waals surface area contributed by atoms with Crippen LogP contribution in [0.15, 0.2) is 4.79 Å². The summed E-state index contributed by atoms with van der Waals surface area (Å²) in [5.74, 6) is 1.43. The van der Waals surface area contributed by atoms with Crippen molar-refractivity contribution in [2.24, 2.45) is 7.05 Å². The minimum absolute atomic E-state index is 0.0411. The predicted molar refractivity (Wildman–Crippen MR) is 53.1 cm³/mol. The van der Waals surface area contributed by atoms with E-state index >= 15 is 0 Å². The zero-order valence-corrected chi connectivity index (χ0v) is 8.51. The Hall–Kier alpha value is -1.32. The van der Waals surface area contributed by atoms with E-state index in [0.717, 1.165) is 11.4 Å². The predicted octanol–water partition coefficient (Wildman–Crippen LogP) is 0.693. The maximum absolute atomic E-state index is 11.7. The molecule has 1 N–H and O–H groups in total. The Morgan fingerprint density at radius 1 is 1.54 bits per heavy atom. The van der Waals surface area contributed by atoms with Gasteiger partial charge < -0.3 is 5.32 Å². The average molecular weight is 181 g/mol. The van der Waals surface area contributed by atoms with Crippen LogP contribution in [0.5, 0.6) is 0 Å². The second-order valence-corrected chi connectivity index (χ2v) is 2.95. The fourth-order valence-electron chi connectivity index (χ4n) is 1.28. The molecule has 0 aliphatic heterocycles. The largest absolute Gasteiger partial charge is 0.373 e. The quantitative estimate of drug-likeness (QED) is 0.730. The molecule has 0 spiro atoms. The summed E-state index contributed by atoms with van der Waals surface area (Å²) in [6, 6.07) is 0. The monoisotopic (exact) mass is 181 g/mol. The van der Waals surface area contributed by atoms with E-state index in [0.29, 0.717) is 12.2 Å². The number of nitrogens with one attached hydrogen (secondary N) is 1. The van der Waals surface area contributed by atoms with Gasteiger partial charge in [-0.2, -0.15) is 0 Å². The van der Waals surface area contributed by atoms with E-state index < -0.39 is 0 Å². The van der Waals surface area contributed by atoms with Crippen molar-refractivity contribution in [1.82, 2.24) is 9.55 Å². The van der Waals surface area contributed by atoms with Crippen molar-refractivity contribution in [2.45, 2.75) is 20.3 Å². The molecule has 1 heterocycles. The van der Waals surface area contributed by atoms with Crippen LogP contribution in [0.4, 0.5) is 5.82 Å². The molecule has 1 rings (SSSR count). The molecule has 0 fully saturated rings. The third kappa shape index (κ3) is 1.56. The molecule has 0 aliphatic rings. The number of anilines is 1. The summed E-state index contributed by atoms with van der Waals surface area (Å²) in [7, 11) is 3.52. The van der Waals surface area contributed by atoms with E-state index in [4.69, 9.17) is 0 Å². The number of hydrogen-bond acceptors (Lipinski definition) is 3. The van der Waals surface area contributed by atoms with Crippen molar-refractivity contribution in [2.75, 3.05) is 12.4 Å². The summed E-state index contributed by atoms with van der Waals surface area (Å²) in [6.45, 7) is 3.77. The second-order valence-electron chi connectivity index (χ2n) is 2.95. The zero-order valence-electron chi connectivity index (χ0n) is 8.51. The molecule has 1 aromatic heterocycles. The molecule has 0 atom stereocenters. The lowest BCUT2D eigenvalue weighted by atomic mass is 10.2. The minimum atomic E-state index is 0.0411. The van der Waals surface area contributed by atoms with Gasteiger partial charge in [-0.05, 0) is 13.3 Å². The van der Waals surface area contributed by atoms with Crippen molar-refractivity contribution in [3.8, 4) is 0 Å². The Balaban J connectivity index is 3.48. The van der Waals surface area contributed by atoms with E-state index in [-0.39, 0.29) is 5.56 Å². The van der Waals surface area contributed by atoms with Gasteiger partial charge >= 0.3 is 0 Å². The van der Waals surface area contributed by atoms with Crippen LogP contribution in [-0.2, 0) is 13.5 Å². The Labute approximate surface area is 77.6 Å². The number of nitrogens with zero attached hydrogens (tertiary/aromatic N) is 2. The number of hydrogen-bond donors (Lipinski definition) is 1. The molecular formula is C9H15N3O. The molecule has 0 unspecified atom stereocenters. The Morgan fingerprint density at radius 3 is 2.62 bits per heavy atom. The highest BCUT2D eigenvalue weighted by atomic mass is 16.1. The van der Waals surface area contributed by atoms with Crippen LogP contribution in [0.3, 0.4) is 0 Å². The molecule has 13 heavy (non-hydrogen) atoms. The summed E-state index contributed by atoms with van der Waals surface area (Å²) in [5, 5.41) is 2.93. The number of rotatable bonds is 2. The molecule has 72 valence electrons. The van der Waals surface area contributed by atoms with Gasteiger partial charge in [-0.1, -0.05) is 6.92 Å². The summed E-state index contributed by atoms with van der Waals surface area (Å²) in [4.78, 5) is 16.0. The van der Waals surface area contributed by atoms with E-state index in [2.05, 4.69) is 10.3 Å². The topological polar surface area (TPSA) is 46.9 Å². The summed E-state index contributed by atoms with van der Waals surface area (Å²) < 4.78 is 1.57. The Bertz CT molecular complexity index is 368. The van der Waals surface area contributed by atoms with Gasteiger partial charge in [-0.25, -0.2) is 4.98 Å². The third-order valence-electron chi connectivity index (χ3n) is 2.20. The molecule has 4 heteroatoms. The lowest BCUT2D eigenvalue weighted by molar-refractivity contribution is 0.758. The zero-order chi connectivity index (χ0) is 10.0. The highest BCUT2D eigenvalue weighted by molar-refractivity contribution is 5.42. The number of aromatic nitrogens is 2. The standard InChI is InChI=1S/C9H15N3O/c1-5-7-8(10-3)11-6(2)12(4)9(7)13/h10H,5H2,1-4H3.